The number of benzene rings is 1. The Hall–Kier alpha value is -4.06. The summed E-state index contributed by atoms with van der Waals surface area (Å²) in [6, 6.07) is 8.33. The molecule has 0 aliphatic carbocycles. The second kappa shape index (κ2) is 10.7. The zero-order valence-electron chi connectivity index (χ0n) is 20.6. The Kier molecular flexibility index (Phi) is 7.44. The van der Waals surface area contributed by atoms with Gasteiger partial charge in [-0.05, 0) is 73.0 Å². The number of pyridine rings is 1. The van der Waals surface area contributed by atoms with Crippen LogP contribution in [0.4, 0.5) is 10.6 Å². The van der Waals surface area contributed by atoms with Crippen molar-refractivity contribution < 1.29 is 24.2 Å². The van der Waals surface area contributed by atoms with E-state index in [4.69, 9.17) is 9.47 Å². The minimum absolute atomic E-state index is 0.140. The van der Waals surface area contributed by atoms with Gasteiger partial charge in [-0.3, -0.25) is 4.79 Å². The number of ether oxygens (including phenoxy) is 2. The summed E-state index contributed by atoms with van der Waals surface area (Å²) in [6.45, 7) is 6.11. The molecule has 190 valence electrons. The first kappa shape index (κ1) is 25.0. The van der Waals surface area contributed by atoms with Gasteiger partial charge in [0.15, 0.2) is 0 Å². The van der Waals surface area contributed by atoms with Crippen molar-refractivity contribution in [1.29, 1.82) is 0 Å². The van der Waals surface area contributed by atoms with Gasteiger partial charge in [-0.25, -0.2) is 14.5 Å². The lowest BCUT2D eigenvalue weighted by Crippen LogP contribution is -2.37. The molecule has 0 radical (unpaired) electrons. The van der Waals surface area contributed by atoms with Crippen LogP contribution in [0.3, 0.4) is 0 Å². The number of carbonyl (C=O) groups excluding carboxylic acids is 2. The summed E-state index contributed by atoms with van der Waals surface area (Å²) in [6.07, 6.45) is 0.0398. The summed E-state index contributed by atoms with van der Waals surface area (Å²) >= 11 is 0. The number of aliphatic hydroxyl groups excluding tert-OH is 1. The first-order chi connectivity index (χ1) is 17.3. The van der Waals surface area contributed by atoms with Gasteiger partial charge in [0.1, 0.15) is 17.3 Å². The fourth-order valence-corrected chi connectivity index (χ4v) is 3.91. The van der Waals surface area contributed by atoms with Gasteiger partial charge < -0.3 is 24.8 Å². The fraction of sp³-hybridized carbons (Fsp3) is 0.417. The molecule has 2 aromatic heterocycles. The van der Waals surface area contributed by atoms with Gasteiger partial charge in [-0.15, -0.1) is 5.10 Å². The van der Waals surface area contributed by atoms with Crippen LogP contribution in [0.1, 0.15) is 48.3 Å². The molecule has 1 aliphatic rings. The molecule has 12 nitrogen and oxygen atoms in total. The summed E-state index contributed by atoms with van der Waals surface area (Å²) in [5.74, 6) is 0.684. The highest BCUT2D eigenvalue weighted by molar-refractivity contribution is 6.06. The lowest BCUT2D eigenvalue weighted by Gasteiger charge is -2.29. The van der Waals surface area contributed by atoms with Gasteiger partial charge in [0, 0.05) is 13.1 Å². The van der Waals surface area contributed by atoms with Crippen molar-refractivity contribution in [3.05, 3.63) is 47.0 Å². The first-order valence-electron chi connectivity index (χ1n) is 11.6. The molecule has 1 aromatic carbocycles. The third kappa shape index (κ3) is 5.28. The molecule has 36 heavy (non-hydrogen) atoms. The molecule has 2 amide bonds. The molecule has 1 atom stereocenters. The van der Waals surface area contributed by atoms with Crippen LogP contribution in [0.2, 0.25) is 0 Å². The zero-order valence-corrected chi connectivity index (χ0v) is 20.6. The van der Waals surface area contributed by atoms with E-state index in [1.54, 1.807) is 49.9 Å². The molecule has 4 rings (SSSR count). The van der Waals surface area contributed by atoms with Crippen LogP contribution in [0.5, 0.6) is 5.75 Å². The summed E-state index contributed by atoms with van der Waals surface area (Å²) < 4.78 is 12.3. The first-order valence-corrected chi connectivity index (χ1v) is 11.6. The lowest BCUT2D eigenvalue weighted by molar-refractivity contribution is 0.0730. The highest BCUT2D eigenvalue weighted by Crippen LogP contribution is 2.29. The average Bonchev–Trinajstić information content (AvgIpc) is 3.37. The van der Waals surface area contributed by atoms with Gasteiger partial charge in [0.25, 0.3) is 5.91 Å². The average molecular weight is 496 g/mol. The Morgan fingerprint density at radius 3 is 2.72 bits per heavy atom. The SMILES string of the molecule is COc1cc2c(cc1C(=O)Nc1cccc(-c3nnnn3[C@H](C)CO)n1)CN(C(=O)OC(C)C)CC2. The third-order valence-electron chi connectivity index (χ3n) is 5.77. The van der Waals surface area contributed by atoms with Crippen LogP contribution < -0.4 is 10.1 Å². The van der Waals surface area contributed by atoms with Gasteiger partial charge in [-0.1, -0.05) is 6.07 Å². The number of rotatable bonds is 7. The van der Waals surface area contributed by atoms with E-state index in [1.807, 2.05) is 6.07 Å². The number of amides is 2. The Balaban J connectivity index is 1.57. The minimum Gasteiger partial charge on any atom is -0.496 e. The molecule has 3 aromatic rings. The van der Waals surface area contributed by atoms with Crippen LogP contribution in [0.25, 0.3) is 11.5 Å². The highest BCUT2D eigenvalue weighted by atomic mass is 16.6. The van der Waals surface area contributed by atoms with E-state index in [-0.39, 0.29) is 24.8 Å². The predicted molar refractivity (Wildman–Crippen MR) is 130 cm³/mol. The molecule has 2 N–H and O–H groups in total. The van der Waals surface area contributed by atoms with E-state index in [0.29, 0.717) is 48.2 Å². The number of aromatic nitrogens is 5. The Bertz CT molecular complexity index is 1260. The number of hydrogen-bond donors (Lipinski definition) is 2. The van der Waals surface area contributed by atoms with Crippen molar-refractivity contribution in [2.75, 3.05) is 25.6 Å². The number of fused-ring (bicyclic) bond motifs is 1. The maximum absolute atomic E-state index is 13.2. The van der Waals surface area contributed by atoms with E-state index in [0.717, 1.165) is 11.1 Å². The molecular formula is C24H29N7O5. The maximum atomic E-state index is 13.2. The smallest absolute Gasteiger partial charge is 0.410 e. The largest absolute Gasteiger partial charge is 0.496 e. The zero-order chi connectivity index (χ0) is 25.8. The molecule has 0 saturated heterocycles. The van der Waals surface area contributed by atoms with Crippen LogP contribution in [0, 0.1) is 0 Å². The van der Waals surface area contributed by atoms with Crippen LogP contribution >= 0.6 is 0 Å². The number of nitrogens with zero attached hydrogens (tertiary/aromatic N) is 6. The molecule has 0 spiro atoms. The van der Waals surface area contributed by atoms with E-state index < -0.39 is 5.91 Å². The Morgan fingerprint density at radius 1 is 1.19 bits per heavy atom. The van der Waals surface area contributed by atoms with Crippen molar-refractivity contribution in [2.24, 2.45) is 0 Å². The molecule has 0 fully saturated rings. The Labute approximate surface area is 208 Å². The van der Waals surface area contributed by atoms with Crippen LogP contribution in [0.15, 0.2) is 30.3 Å². The van der Waals surface area contributed by atoms with Gasteiger partial charge in [0.2, 0.25) is 5.82 Å². The normalized spacial score (nSPS) is 13.8. The molecule has 0 unspecified atom stereocenters. The van der Waals surface area contributed by atoms with Gasteiger partial charge >= 0.3 is 6.09 Å². The monoisotopic (exact) mass is 495 g/mol. The fourth-order valence-electron chi connectivity index (χ4n) is 3.91. The summed E-state index contributed by atoms with van der Waals surface area (Å²) in [4.78, 5) is 31.7. The van der Waals surface area contributed by atoms with Crippen molar-refractivity contribution in [1.82, 2.24) is 30.1 Å². The molecule has 12 heteroatoms. The summed E-state index contributed by atoms with van der Waals surface area (Å²) in [5.41, 5.74) is 2.63. The molecule has 3 heterocycles. The number of nitrogens with one attached hydrogen (secondary N) is 1. The quantitative estimate of drug-likeness (QED) is 0.505. The lowest BCUT2D eigenvalue weighted by atomic mass is 9.96. The number of methoxy groups -OCH3 is 1. The molecule has 1 aliphatic heterocycles. The van der Waals surface area contributed by atoms with E-state index in [1.165, 1.54) is 11.8 Å². The van der Waals surface area contributed by atoms with E-state index >= 15 is 0 Å². The molecular weight excluding hydrogens is 466 g/mol. The molecule has 0 saturated carbocycles. The van der Waals surface area contributed by atoms with Crippen molar-refractivity contribution >= 4 is 17.8 Å². The summed E-state index contributed by atoms with van der Waals surface area (Å²) in [7, 11) is 1.51. The Morgan fingerprint density at radius 2 is 2.00 bits per heavy atom. The van der Waals surface area contributed by atoms with Crippen molar-refractivity contribution in [2.45, 2.75) is 45.9 Å². The number of aliphatic hydroxyl groups is 1. The topological polar surface area (TPSA) is 145 Å². The summed E-state index contributed by atoms with van der Waals surface area (Å²) in [5, 5.41) is 23.9. The number of hydrogen-bond acceptors (Lipinski definition) is 9. The van der Waals surface area contributed by atoms with Crippen molar-refractivity contribution in [3.63, 3.8) is 0 Å². The number of carbonyl (C=O) groups is 2. The van der Waals surface area contributed by atoms with Crippen molar-refractivity contribution in [3.8, 4) is 17.3 Å². The maximum Gasteiger partial charge on any atom is 0.410 e. The minimum atomic E-state index is -0.413. The second-order valence-corrected chi connectivity index (χ2v) is 8.77. The number of anilines is 1. The molecule has 0 bridgehead atoms. The predicted octanol–water partition coefficient (Wildman–Crippen LogP) is 2.45. The van der Waals surface area contributed by atoms with E-state index in [9.17, 15) is 14.7 Å². The van der Waals surface area contributed by atoms with Crippen LogP contribution in [-0.2, 0) is 17.7 Å². The van der Waals surface area contributed by atoms with E-state index in [2.05, 4.69) is 25.8 Å². The second-order valence-electron chi connectivity index (χ2n) is 8.77. The third-order valence-corrected chi connectivity index (χ3v) is 5.77. The van der Waals surface area contributed by atoms with Crippen LogP contribution in [-0.4, -0.2) is 73.6 Å². The highest BCUT2D eigenvalue weighted by Gasteiger charge is 2.26. The standard InChI is InChI=1S/C24H29N7O5/c1-14(2)36-24(34)30-9-8-16-11-20(35-4)18(10-17(16)12-30)23(33)26-21-7-5-6-19(25-21)22-27-28-29-31(22)15(3)13-32/h5-7,10-11,14-15,32H,8-9,12-13H2,1-4H3,(H,25,26,33)/t15-/m1/s1. The van der Waals surface area contributed by atoms with Gasteiger partial charge in [0.05, 0.1) is 31.4 Å². The van der Waals surface area contributed by atoms with Gasteiger partial charge in [-0.2, -0.15) is 0 Å². The number of tetrazole rings is 1.